The minimum Gasteiger partial charge on any atom is -0.347 e. The van der Waals surface area contributed by atoms with E-state index in [9.17, 15) is 0 Å². The molecule has 2 nitrogen and oxygen atoms in total. The van der Waals surface area contributed by atoms with Crippen molar-refractivity contribution in [1.82, 2.24) is 4.57 Å². The Morgan fingerprint density at radius 2 is 2.27 bits per heavy atom. The molecule has 3 rings (SSSR count). The highest BCUT2D eigenvalue weighted by molar-refractivity contribution is 5.88. The SMILES string of the molecule is NCCCc1cn2c3c(cccc13)CC2. The number of rotatable bonds is 3. The van der Waals surface area contributed by atoms with Crippen molar-refractivity contribution in [1.29, 1.82) is 0 Å². The molecular weight excluding hydrogens is 184 g/mol. The Balaban J connectivity index is 2.13. The summed E-state index contributed by atoms with van der Waals surface area (Å²) in [6.45, 7) is 1.94. The van der Waals surface area contributed by atoms with Gasteiger partial charge in [0.2, 0.25) is 0 Å². The zero-order chi connectivity index (χ0) is 10.3. The van der Waals surface area contributed by atoms with E-state index in [4.69, 9.17) is 5.73 Å². The van der Waals surface area contributed by atoms with Gasteiger partial charge in [0.1, 0.15) is 0 Å². The van der Waals surface area contributed by atoms with E-state index in [0.29, 0.717) is 0 Å². The molecule has 0 radical (unpaired) electrons. The summed E-state index contributed by atoms with van der Waals surface area (Å²) < 4.78 is 2.40. The van der Waals surface area contributed by atoms with Crippen LogP contribution >= 0.6 is 0 Å². The third kappa shape index (κ3) is 1.29. The molecule has 2 aromatic rings. The van der Waals surface area contributed by atoms with E-state index in [2.05, 4.69) is 29.0 Å². The minimum atomic E-state index is 0.784. The second-order valence-electron chi connectivity index (χ2n) is 4.30. The molecule has 1 aromatic carbocycles. The quantitative estimate of drug-likeness (QED) is 0.808. The summed E-state index contributed by atoms with van der Waals surface area (Å²) in [4.78, 5) is 0. The molecule has 2 heterocycles. The molecule has 2 heteroatoms. The van der Waals surface area contributed by atoms with Crippen molar-refractivity contribution in [2.45, 2.75) is 25.8 Å². The number of hydrogen-bond donors (Lipinski definition) is 1. The molecule has 0 spiro atoms. The Kier molecular flexibility index (Phi) is 2.03. The summed E-state index contributed by atoms with van der Waals surface area (Å²) in [6, 6.07) is 6.67. The minimum absolute atomic E-state index is 0.784. The first-order valence-corrected chi connectivity index (χ1v) is 5.70. The van der Waals surface area contributed by atoms with Gasteiger partial charge in [0.05, 0.1) is 5.52 Å². The molecule has 78 valence electrons. The van der Waals surface area contributed by atoms with Crippen LogP contribution in [0.5, 0.6) is 0 Å². The maximum Gasteiger partial charge on any atom is 0.0516 e. The fourth-order valence-corrected chi connectivity index (χ4v) is 2.62. The highest BCUT2D eigenvalue weighted by Crippen LogP contribution is 2.30. The Morgan fingerprint density at radius 1 is 1.33 bits per heavy atom. The van der Waals surface area contributed by atoms with E-state index in [1.807, 2.05) is 0 Å². The van der Waals surface area contributed by atoms with Crippen LogP contribution in [0.4, 0.5) is 0 Å². The topological polar surface area (TPSA) is 30.9 Å². The van der Waals surface area contributed by atoms with E-state index in [0.717, 1.165) is 25.9 Å². The largest absolute Gasteiger partial charge is 0.347 e. The van der Waals surface area contributed by atoms with Crippen LogP contribution in [0.2, 0.25) is 0 Å². The van der Waals surface area contributed by atoms with Crippen LogP contribution in [-0.4, -0.2) is 11.1 Å². The first-order chi connectivity index (χ1) is 7.40. The first-order valence-electron chi connectivity index (χ1n) is 5.70. The van der Waals surface area contributed by atoms with Crippen LogP contribution in [0.1, 0.15) is 17.5 Å². The molecule has 0 fully saturated rings. The van der Waals surface area contributed by atoms with Gasteiger partial charge >= 0.3 is 0 Å². The monoisotopic (exact) mass is 200 g/mol. The van der Waals surface area contributed by atoms with Gasteiger partial charge in [-0.25, -0.2) is 0 Å². The predicted molar refractivity (Wildman–Crippen MR) is 63.0 cm³/mol. The summed E-state index contributed by atoms with van der Waals surface area (Å²) >= 11 is 0. The molecule has 0 bridgehead atoms. The Labute approximate surface area is 89.7 Å². The van der Waals surface area contributed by atoms with E-state index in [1.165, 1.54) is 28.5 Å². The molecule has 1 aliphatic rings. The number of nitrogens with two attached hydrogens (primary N) is 1. The number of para-hydroxylation sites is 1. The molecule has 0 atom stereocenters. The Morgan fingerprint density at radius 3 is 3.13 bits per heavy atom. The molecule has 0 saturated carbocycles. The molecule has 1 aromatic heterocycles. The Bertz CT molecular complexity index is 496. The third-order valence-electron chi connectivity index (χ3n) is 3.34. The standard InChI is InChI=1S/C13H16N2/c14-7-2-4-11-9-15-8-6-10-3-1-5-12(11)13(10)15/h1,3,5,9H,2,4,6-8,14H2. The number of benzene rings is 1. The summed E-state index contributed by atoms with van der Waals surface area (Å²) in [5, 5.41) is 1.44. The maximum absolute atomic E-state index is 5.56. The van der Waals surface area contributed by atoms with E-state index >= 15 is 0 Å². The van der Waals surface area contributed by atoms with Crippen molar-refractivity contribution < 1.29 is 0 Å². The fraction of sp³-hybridized carbons (Fsp3) is 0.385. The van der Waals surface area contributed by atoms with Gasteiger partial charge in [-0.15, -0.1) is 0 Å². The zero-order valence-electron chi connectivity index (χ0n) is 8.87. The molecule has 0 saturated heterocycles. The number of hydrogen-bond acceptors (Lipinski definition) is 1. The zero-order valence-corrected chi connectivity index (χ0v) is 8.87. The van der Waals surface area contributed by atoms with E-state index in [1.54, 1.807) is 0 Å². The average Bonchev–Trinajstić information content (AvgIpc) is 2.82. The highest BCUT2D eigenvalue weighted by Gasteiger charge is 2.16. The average molecular weight is 200 g/mol. The molecule has 15 heavy (non-hydrogen) atoms. The lowest BCUT2D eigenvalue weighted by Gasteiger charge is -1.99. The van der Waals surface area contributed by atoms with Gasteiger partial charge in [0.15, 0.2) is 0 Å². The summed E-state index contributed by atoms with van der Waals surface area (Å²) in [7, 11) is 0. The predicted octanol–water partition coefficient (Wildman–Crippen LogP) is 2.09. The van der Waals surface area contributed by atoms with Crippen LogP contribution in [0.3, 0.4) is 0 Å². The van der Waals surface area contributed by atoms with Crippen molar-refractivity contribution in [3.05, 3.63) is 35.5 Å². The number of nitrogens with zero attached hydrogens (tertiary/aromatic N) is 1. The second-order valence-corrected chi connectivity index (χ2v) is 4.30. The lowest BCUT2D eigenvalue weighted by atomic mass is 10.1. The smallest absolute Gasteiger partial charge is 0.0516 e. The normalized spacial score (nSPS) is 13.9. The second kappa shape index (κ2) is 3.38. The first kappa shape index (κ1) is 8.98. The summed E-state index contributed by atoms with van der Waals surface area (Å²) in [6.07, 6.45) is 5.72. The van der Waals surface area contributed by atoms with E-state index < -0.39 is 0 Å². The van der Waals surface area contributed by atoms with Crippen molar-refractivity contribution in [2.75, 3.05) is 6.54 Å². The molecule has 2 N–H and O–H groups in total. The van der Waals surface area contributed by atoms with Gasteiger partial charge in [0.25, 0.3) is 0 Å². The van der Waals surface area contributed by atoms with Crippen LogP contribution < -0.4 is 5.73 Å². The van der Waals surface area contributed by atoms with Crippen LogP contribution in [0.15, 0.2) is 24.4 Å². The van der Waals surface area contributed by atoms with Crippen molar-refractivity contribution in [3.8, 4) is 0 Å². The summed E-state index contributed by atoms with van der Waals surface area (Å²) in [5.74, 6) is 0. The number of aromatic nitrogens is 1. The molecule has 0 amide bonds. The van der Waals surface area contributed by atoms with Gasteiger partial charge in [-0.2, -0.15) is 0 Å². The highest BCUT2D eigenvalue weighted by atomic mass is 15.0. The van der Waals surface area contributed by atoms with Gasteiger partial charge in [-0.05, 0) is 36.9 Å². The van der Waals surface area contributed by atoms with Gasteiger partial charge in [0, 0.05) is 18.1 Å². The van der Waals surface area contributed by atoms with Gasteiger partial charge in [-0.3, -0.25) is 0 Å². The van der Waals surface area contributed by atoms with Gasteiger partial charge < -0.3 is 10.3 Å². The lowest BCUT2D eigenvalue weighted by molar-refractivity contribution is 0.759. The molecule has 1 aliphatic heterocycles. The maximum atomic E-state index is 5.56. The summed E-state index contributed by atoms with van der Waals surface area (Å²) in [5.41, 5.74) is 10.0. The number of aryl methyl sites for hydroxylation is 3. The molecular formula is C13H16N2. The molecule has 0 aliphatic carbocycles. The molecule has 0 unspecified atom stereocenters. The van der Waals surface area contributed by atoms with Crippen LogP contribution in [0.25, 0.3) is 10.9 Å². The van der Waals surface area contributed by atoms with Crippen LogP contribution in [0, 0.1) is 0 Å². The van der Waals surface area contributed by atoms with Crippen molar-refractivity contribution in [2.24, 2.45) is 5.73 Å². The van der Waals surface area contributed by atoms with Gasteiger partial charge in [-0.1, -0.05) is 18.2 Å². The Hall–Kier alpha value is -1.28. The third-order valence-corrected chi connectivity index (χ3v) is 3.34. The van der Waals surface area contributed by atoms with Crippen molar-refractivity contribution >= 4 is 10.9 Å². The fourth-order valence-electron chi connectivity index (χ4n) is 2.62. The lowest BCUT2D eigenvalue weighted by Crippen LogP contribution is -2.00. The van der Waals surface area contributed by atoms with E-state index in [-0.39, 0.29) is 0 Å². The van der Waals surface area contributed by atoms with Crippen LogP contribution in [-0.2, 0) is 19.4 Å². The van der Waals surface area contributed by atoms with Crippen molar-refractivity contribution in [3.63, 3.8) is 0 Å².